The third-order valence-corrected chi connectivity index (χ3v) is 5.21. The van der Waals surface area contributed by atoms with Crippen molar-refractivity contribution in [3.05, 3.63) is 94.8 Å². The Hall–Kier alpha value is -2.43. The molecular formula is C21H15BrN2S. The number of aromatic nitrogens is 1. The van der Waals surface area contributed by atoms with Gasteiger partial charge in [-0.25, -0.2) is 4.98 Å². The van der Waals surface area contributed by atoms with Crippen LogP contribution in [-0.2, 0) is 0 Å². The molecule has 0 aliphatic carbocycles. The molecule has 3 aromatic carbocycles. The number of thiazole rings is 1. The summed E-state index contributed by atoms with van der Waals surface area (Å²) < 4.78 is 1.07. The lowest BCUT2D eigenvalue weighted by molar-refractivity contribution is 1.23. The van der Waals surface area contributed by atoms with Gasteiger partial charge < -0.3 is 0 Å². The molecule has 4 heteroatoms. The van der Waals surface area contributed by atoms with Crippen LogP contribution in [0.25, 0.3) is 11.3 Å². The van der Waals surface area contributed by atoms with Gasteiger partial charge in [-0.1, -0.05) is 64.5 Å². The minimum Gasteiger partial charge on any atom is -0.286 e. The molecule has 4 rings (SSSR count). The number of rotatable bonds is 4. The van der Waals surface area contributed by atoms with E-state index < -0.39 is 0 Å². The van der Waals surface area contributed by atoms with Gasteiger partial charge >= 0.3 is 0 Å². The second-order valence-electron chi connectivity index (χ2n) is 5.53. The Morgan fingerprint density at radius 2 is 1.28 bits per heavy atom. The summed E-state index contributed by atoms with van der Waals surface area (Å²) >= 11 is 5.13. The quantitative estimate of drug-likeness (QED) is 0.361. The smallest absolute Gasteiger partial charge is 0.195 e. The van der Waals surface area contributed by atoms with Crippen LogP contribution in [-0.4, -0.2) is 4.98 Å². The second kappa shape index (κ2) is 7.21. The van der Waals surface area contributed by atoms with Gasteiger partial charge in [-0.2, -0.15) is 0 Å². The molecule has 0 N–H and O–H groups in total. The Morgan fingerprint density at radius 3 is 1.84 bits per heavy atom. The summed E-state index contributed by atoms with van der Waals surface area (Å²) in [4.78, 5) is 7.08. The van der Waals surface area contributed by atoms with Crippen LogP contribution < -0.4 is 4.90 Å². The first-order valence-electron chi connectivity index (χ1n) is 7.93. The summed E-state index contributed by atoms with van der Waals surface area (Å²) in [6.45, 7) is 0. The SMILES string of the molecule is Brc1ccc(-c2csc(N(c3ccccc3)c3ccccc3)n2)cc1. The number of halogens is 1. The van der Waals surface area contributed by atoms with Crippen molar-refractivity contribution in [1.82, 2.24) is 4.98 Å². The third kappa shape index (κ3) is 3.50. The summed E-state index contributed by atoms with van der Waals surface area (Å²) in [7, 11) is 0. The monoisotopic (exact) mass is 406 g/mol. The fourth-order valence-corrected chi connectivity index (χ4v) is 3.78. The Bertz CT molecular complexity index is 911. The van der Waals surface area contributed by atoms with Gasteiger partial charge in [-0.05, 0) is 36.4 Å². The highest BCUT2D eigenvalue weighted by Gasteiger charge is 2.16. The Balaban J connectivity index is 1.77. The minimum atomic E-state index is 0.954. The summed E-state index contributed by atoms with van der Waals surface area (Å²) in [6, 6.07) is 28.9. The first-order valence-corrected chi connectivity index (χ1v) is 9.60. The van der Waals surface area contributed by atoms with Crippen LogP contribution in [0.3, 0.4) is 0 Å². The highest BCUT2D eigenvalue weighted by atomic mass is 79.9. The molecule has 0 bridgehead atoms. The molecule has 0 fully saturated rings. The van der Waals surface area contributed by atoms with Crippen molar-refractivity contribution < 1.29 is 0 Å². The summed E-state index contributed by atoms with van der Waals surface area (Å²) in [5.41, 5.74) is 4.31. The molecule has 0 spiro atoms. The average Bonchev–Trinajstić information content (AvgIpc) is 3.14. The van der Waals surface area contributed by atoms with E-state index in [0.717, 1.165) is 32.2 Å². The molecule has 2 nitrogen and oxygen atoms in total. The van der Waals surface area contributed by atoms with Crippen molar-refractivity contribution >= 4 is 43.8 Å². The molecule has 0 aliphatic heterocycles. The highest BCUT2D eigenvalue weighted by Crippen LogP contribution is 2.37. The van der Waals surface area contributed by atoms with E-state index in [1.165, 1.54) is 0 Å². The van der Waals surface area contributed by atoms with Crippen LogP contribution in [0.15, 0.2) is 94.8 Å². The van der Waals surface area contributed by atoms with Gasteiger partial charge in [0.05, 0.1) is 5.69 Å². The average molecular weight is 407 g/mol. The predicted molar refractivity (Wildman–Crippen MR) is 110 cm³/mol. The summed E-state index contributed by atoms with van der Waals surface area (Å²) in [6.07, 6.45) is 0. The maximum atomic E-state index is 4.89. The van der Waals surface area contributed by atoms with E-state index in [1.807, 2.05) is 24.3 Å². The topological polar surface area (TPSA) is 16.1 Å². The van der Waals surface area contributed by atoms with Crippen molar-refractivity contribution in [2.24, 2.45) is 0 Å². The fraction of sp³-hybridized carbons (Fsp3) is 0. The van der Waals surface area contributed by atoms with Gasteiger partial charge in [0.25, 0.3) is 0 Å². The number of benzene rings is 3. The number of hydrogen-bond donors (Lipinski definition) is 0. The van der Waals surface area contributed by atoms with Gasteiger partial charge in [-0.15, -0.1) is 11.3 Å². The van der Waals surface area contributed by atoms with Crippen LogP contribution in [0.5, 0.6) is 0 Å². The van der Waals surface area contributed by atoms with Crippen molar-refractivity contribution in [2.45, 2.75) is 0 Å². The van der Waals surface area contributed by atoms with E-state index in [-0.39, 0.29) is 0 Å². The first-order chi connectivity index (χ1) is 12.3. The Morgan fingerprint density at radius 1 is 0.720 bits per heavy atom. The van der Waals surface area contributed by atoms with Crippen molar-refractivity contribution in [3.63, 3.8) is 0 Å². The first kappa shape index (κ1) is 16.1. The van der Waals surface area contributed by atoms with Crippen LogP contribution in [0.2, 0.25) is 0 Å². The van der Waals surface area contributed by atoms with Crippen molar-refractivity contribution in [1.29, 1.82) is 0 Å². The standard InChI is InChI=1S/C21H15BrN2S/c22-17-13-11-16(12-14-17)20-15-25-21(23-20)24(18-7-3-1-4-8-18)19-9-5-2-6-10-19/h1-15H. The molecule has 4 aromatic rings. The minimum absolute atomic E-state index is 0.954. The molecule has 0 saturated heterocycles. The Labute approximate surface area is 159 Å². The van der Waals surface area contributed by atoms with Crippen molar-refractivity contribution in [2.75, 3.05) is 4.90 Å². The number of hydrogen-bond acceptors (Lipinski definition) is 3. The zero-order valence-electron chi connectivity index (χ0n) is 13.3. The zero-order chi connectivity index (χ0) is 17.1. The van der Waals surface area contributed by atoms with Crippen LogP contribution >= 0.6 is 27.3 Å². The number of para-hydroxylation sites is 2. The lowest BCUT2D eigenvalue weighted by atomic mass is 10.2. The van der Waals surface area contributed by atoms with E-state index in [4.69, 9.17) is 4.98 Å². The lowest BCUT2D eigenvalue weighted by Crippen LogP contribution is -2.09. The molecule has 122 valence electrons. The third-order valence-electron chi connectivity index (χ3n) is 3.85. The van der Waals surface area contributed by atoms with Crippen molar-refractivity contribution in [3.8, 4) is 11.3 Å². The van der Waals surface area contributed by atoms with Gasteiger partial charge in [0.2, 0.25) is 0 Å². The lowest BCUT2D eigenvalue weighted by Gasteiger charge is -2.22. The number of anilines is 3. The maximum Gasteiger partial charge on any atom is 0.195 e. The van der Waals surface area contributed by atoms with E-state index in [0.29, 0.717) is 0 Å². The van der Waals surface area contributed by atoms with Gasteiger partial charge in [0, 0.05) is 26.8 Å². The molecule has 0 aliphatic rings. The molecule has 1 heterocycles. The molecule has 25 heavy (non-hydrogen) atoms. The zero-order valence-corrected chi connectivity index (χ0v) is 15.7. The molecular weight excluding hydrogens is 392 g/mol. The van der Waals surface area contributed by atoms with Crippen LogP contribution in [0, 0.1) is 0 Å². The largest absolute Gasteiger partial charge is 0.286 e. The second-order valence-corrected chi connectivity index (χ2v) is 7.28. The molecule has 0 amide bonds. The highest BCUT2D eigenvalue weighted by molar-refractivity contribution is 9.10. The van der Waals surface area contributed by atoms with E-state index in [1.54, 1.807) is 11.3 Å². The van der Waals surface area contributed by atoms with E-state index in [9.17, 15) is 0 Å². The molecule has 0 unspecified atom stereocenters. The van der Waals surface area contributed by atoms with Gasteiger partial charge in [-0.3, -0.25) is 4.90 Å². The molecule has 0 atom stereocenters. The van der Waals surface area contributed by atoms with Gasteiger partial charge in [0.15, 0.2) is 5.13 Å². The molecule has 1 aromatic heterocycles. The van der Waals surface area contributed by atoms with E-state index in [2.05, 4.69) is 86.9 Å². The normalized spacial score (nSPS) is 10.6. The number of nitrogens with zero attached hydrogens (tertiary/aromatic N) is 2. The predicted octanol–water partition coefficient (Wildman–Crippen LogP) is 7.04. The Kier molecular flexibility index (Phi) is 4.63. The van der Waals surface area contributed by atoms with Crippen LogP contribution in [0.4, 0.5) is 16.5 Å². The summed E-state index contributed by atoms with van der Waals surface area (Å²) in [5, 5.41) is 3.06. The van der Waals surface area contributed by atoms with Crippen LogP contribution in [0.1, 0.15) is 0 Å². The molecule has 0 radical (unpaired) electrons. The summed E-state index contributed by atoms with van der Waals surface area (Å²) in [5.74, 6) is 0. The van der Waals surface area contributed by atoms with E-state index >= 15 is 0 Å². The van der Waals surface area contributed by atoms with Gasteiger partial charge in [0.1, 0.15) is 0 Å². The maximum absolute atomic E-state index is 4.89. The molecule has 0 saturated carbocycles. The fourth-order valence-electron chi connectivity index (χ4n) is 2.64.